The predicted molar refractivity (Wildman–Crippen MR) is 231 cm³/mol. The molecule has 1 spiro atoms. The number of methoxy groups -OCH3 is 2. The first-order chi connectivity index (χ1) is 29.8. The van der Waals surface area contributed by atoms with E-state index in [4.69, 9.17) is 18.9 Å². The molecule has 0 aromatic heterocycles. The molecular weight excluding hydrogens is 789 g/mol. The van der Waals surface area contributed by atoms with Crippen molar-refractivity contribution in [3.63, 3.8) is 0 Å². The summed E-state index contributed by atoms with van der Waals surface area (Å²) in [5.41, 5.74) is -2.06. The van der Waals surface area contributed by atoms with Crippen LogP contribution in [0.2, 0.25) is 0 Å². The van der Waals surface area contributed by atoms with E-state index in [-0.39, 0.29) is 40.8 Å². The molecule has 13 heteroatoms. The van der Waals surface area contributed by atoms with Gasteiger partial charge in [-0.3, -0.25) is 9.69 Å². The molecule has 8 aliphatic rings. The van der Waals surface area contributed by atoms with E-state index in [0.717, 1.165) is 22.5 Å². The van der Waals surface area contributed by atoms with E-state index < -0.39 is 57.6 Å². The fraction of sp³-hybridized carbons (Fsp3) is 0.551. The number of hydroxylamine groups is 3. The van der Waals surface area contributed by atoms with Gasteiger partial charge in [-0.25, -0.2) is 4.79 Å². The molecule has 11 rings (SSSR count). The number of para-hydroxylation sites is 2. The van der Waals surface area contributed by atoms with Gasteiger partial charge in [-0.05, 0) is 67.6 Å². The van der Waals surface area contributed by atoms with Gasteiger partial charge in [0.2, 0.25) is 5.60 Å². The van der Waals surface area contributed by atoms with Gasteiger partial charge in [0.25, 0.3) is 0 Å². The summed E-state index contributed by atoms with van der Waals surface area (Å²) >= 11 is 0. The van der Waals surface area contributed by atoms with E-state index in [1.807, 2.05) is 61.4 Å². The summed E-state index contributed by atoms with van der Waals surface area (Å²) in [5.74, 6) is -1.10. The Morgan fingerprint density at radius 2 is 1.79 bits per heavy atom. The quantitative estimate of drug-likeness (QED) is 0.0749. The van der Waals surface area contributed by atoms with Crippen LogP contribution in [-0.2, 0) is 29.9 Å². The topological polar surface area (TPSA) is 156 Å². The third-order valence-electron chi connectivity index (χ3n) is 17.3. The Balaban J connectivity index is 1.16. The Labute approximate surface area is 362 Å². The number of hydrogen-bond acceptors (Lipinski definition) is 12. The molecule has 6 unspecified atom stereocenters. The number of anilines is 2. The predicted octanol–water partition coefficient (Wildman–Crippen LogP) is 4.78. The largest absolute Gasteiger partial charge is 0.633 e. The molecule has 5 fully saturated rings. The molecule has 1 saturated carbocycles. The van der Waals surface area contributed by atoms with Gasteiger partial charge in [0.1, 0.15) is 41.3 Å². The smallest absolute Gasteiger partial charge is 0.348 e. The first-order valence-electron chi connectivity index (χ1n) is 22.5. The number of nitrogens with one attached hydrogen (secondary N) is 1. The summed E-state index contributed by atoms with van der Waals surface area (Å²) < 4.78 is 24.6. The molecule has 3 N–H and O–H groups in total. The number of benzene rings is 3. The monoisotopic (exact) mass is 846 g/mol. The highest BCUT2D eigenvalue weighted by atomic mass is 16.6. The zero-order valence-electron chi connectivity index (χ0n) is 36.2. The number of ether oxygens (including phenoxy) is 4. The second kappa shape index (κ2) is 13.5. The fourth-order valence-electron chi connectivity index (χ4n) is 14.8. The van der Waals surface area contributed by atoms with E-state index in [2.05, 4.69) is 29.3 Å². The van der Waals surface area contributed by atoms with Crippen LogP contribution in [0.15, 0.2) is 78.9 Å². The van der Waals surface area contributed by atoms with Gasteiger partial charge in [0.15, 0.2) is 0 Å². The van der Waals surface area contributed by atoms with E-state index >= 15 is 4.79 Å². The lowest BCUT2D eigenvalue weighted by Crippen LogP contribution is -2.81. The maximum atomic E-state index is 15.5. The van der Waals surface area contributed by atoms with E-state index in [1.54, 1.807) is 31.4 Å². The third kappa shape index (κ3) is 4.95. The normalized spacial score (nSPS) is 41.7. The number of esters is 2. The van der Waals surface area contributed by atoms with E-state index in [0.29, 0.717) is 69.7 Å². The van der Waals surface area contributed by atoms with Crippen LogP contribution in [0.4, 0.5) is 11.4 Å². The molecule has 62 heavy (non-hydrogen) atoms. The van der Waals surface area contributed by atoms with Crippen LogP contribution in [0.3, 0.4) is 0 Å². The number of aliphatic hydroxyl groups excluding tert-OH is 1. The molecule has 7 aliphatic heterocycles. The average molecular weight is 847 g/mol. The fourth-order valence-corrected chi connectivity index (χ4v) is 14.8. The number of piperidine rings is 1. The lowest BCUT2D eigenvalue weighted by molar-refractivity contribution is -0.890. The van der Waals surface area contributed by atoms with Crippen LogP contribution in [0.1, 0.15) is 68.6 Å². The number of aliphatic hydroxyl groups is 2. The minimum absolute atomic E-state index is 0.181. The Kier molecular flexibility index (Phi) is 8.78. The van der Waals surface area contributed by atoms with Crippen molar-refractivity contribution in [1.82, 2.24) is 4.90 Å². The molecule has 3 aromatic rings. The van der Waals surface area contributed by atoms with Crippen molar-refractivity contribution in [1.29, 1.82) is 0 Å². The van der Waals surface area contributed by atoms with Crippen molar-refractivity contribution in [3.05, 3.63) is 101 Å². The number of fused-ring (bicyclic) bond motifs is 8. The molecular formula is C49H58N4O9. The standard InChI is InChI=1S/C49H58N4O9/c1-6-45-19-13-21-52-22-20-47(40(45)52)33-24-34(37(59-4)25-36(33)51(3)41(47)49(57,42(45)54)44(56)61-30-14-9-8-10-15-30)48(43(55)60-5)26-29-27-53(58,28-46(7-2)39(29)62-46)23-18-32-31-16-11-12-17-35(31)50-38(32)48/h8-17,19,24-25,29,32,38-42,50,54,57H,6-7,18,20-23,26-28H2,1-5H3/t29?,32?,38?,39?,40-,41+,42+,45+,46?,47+,48+,49-,53?/m1/s1. The van der Waals surface area contributed by atoms with Crippen molar-refractivity contribution >= 4 is 23.3 Å². The molecule has 7 heterocycles. The zero-order chi connectivity index (χ0) is 43.2. The summed E-state index contributed by atoms with van der Waals surface area (Å²) in [5, 5.41) is 45.0. The molecule has 3 aromatic carbocycles. The van der Waals surface area contributed by atoms with Gasteiger partial charge in [-0.2, -0.15) is 0 Å². The highest BCUT2D eigenvalue weighted by molar-refractivity contribution is 5.91. The van der Waals surface area contributed by atoms with Crippen molar-refractivity contribution in [2.75, 3.05) is 64.2 Å². The number of hydrogen-bond donors (Lipinski definition) is 3. The molecule has 4 saturated heterocycles. The molecule has 1 aliphatic carbocycles. The summed E-state index contributed by atoms with van der Waals surface area (Å²) in [4.78, 5) is 34.7. The summed E-state index contributed by atoms with van der Waals surface area (Å²) in [6, 6.07) is 19.1. The number of likely N-dealkylation sites (N-methyl/N-ethyl adjacent to an activating group) is 1. The van der Waals surface area contributed by atoms with Crippen LogP contribution in [0, 0.1) is 16.5 Å². The van der Waals surface area contributed by atoms with Crippen molar-refractivity contribution in [2.45, 2.75) is 104 Å². The minimum Gasteiger partial charge on any atom is -0.633 e. The van der Waals surface area contributed by atoms with Crippen LogP contribution in [0.25, 0.3) is 0 Å². The van der Waals surface area contributed by atoms with Crippen molar-refractivity contribution in [2.24, 2.45) is 11.3 Å². The number of rotatable bonds is 7. The first kappa shape index (κ1) is 40.3. The summed E-state index contributed by atoms with van der Waals surface area (Å²) in [6.45, 7) is 6.52. The summed E-state index contributed by atoms with van der Waals surface area (Å²) in [7, 11) is 4.92. The van der Waals surface area contributed by atoms with Gasteiger partial charge in [0, 0.05) is 71.7 Å². The van der Waals surface area contributed by atoms with Crippen LogP contribution in [-0.4, -0.2) is 127 Å². The Morgan fingerprint density at radius 3 is 2.53 bits per heavy atom. The van der Waals surface area contributed by atoms with E-state index in [1.165, 1.54) is 7.11 Å². The molecule has 328 valence electrons. The van der Waals surface area contributed by atoms with Crippen molar-refractivity contribution < 1.29 is 43.4 Å². The second-order valence-corrected chi connectivity index (χ2v) is 19.7. The Bertz CT molecular complexity index is 2380. The first-order valence-corrected chi connectivity index (χ1v) is 22.5. The van der Waals surface area contributed by atoms with Crippen LogP contribution >= 0.6 is 0 Å². The van der Waals surface area contributed by atoms with Crippen LogP contribution < -0.4 is 19.7 Å². The maximum Gasteiger partial charge on any atom is 0.348 e. The number of epoxide rings is 1. The van der Waals surface area contributed by atoms with Gasteiger partial charge >= 0.3 is 11.9 Å². The molecule has 13 nitrogen and oxygen atoms in total. The Hall–Kier alpha value is -4.50. The van der Waals surface area contributed by atoms with Gasteiger partial charge in [0.05, 0.1) is 39.4 Å². The highest BCUT2D eigenvalue weighted by Gasteiger charge is 2.79. The minimum atomic E-state index is -2.40. The number of nitrogens with zero attached hydrogens (tertiary/aromatic N) is 3. The van der Waals surface area contributed by atoms with E-state index in [9.17, 15) is 20.2 Å². The van der Waals surface area contributed by atoms with Gasteiger partial charge in [-0.15, -0.1) is 0 Å². The lowest BCUT2D eigenvalue weighted by atomic mass is 9.47. The highest BCUT2D eigenvalue weighted by Crippen LogP contribution is 2.68. The SMILES string of the molecule is CCC12C[N+]3([O-])CCC4c5ccccc5NC4[C@@](C(=O)OC)(c4cc5c(cc4OC)N(C)[C@@H]4[C@](O)(C(=O)Oc6ccccc6)[C@@H](O)[C@@]6(CC)C=CCN7CC[C@@]54[C@H]76)CC(C3)C1O2. The molecule has 0 amide bonds. The zero-order valence-corrected chi connectivity index (χ0v) is 36.2. The second-order valence-electron chi connectivity index (χ2n) is 19.7. The van der Waals surface area contributed by atoms with Crippen molar-refractivity contribution in [3.8, 4) is 11.5 Å². The van der Waals surface area contributed by atoms with Gasteiger partial charge < -0.3 is 49.2 Å². The number of quaternary nitrogens is 1. The lowest BCUT2D eigenvalue weighted by Gasteiger charge is -2.63. The average Bonchev–Trinajstić information content (AvgIpc) is 3.55. The molecule has 13 atom stereocenters. The third-order valence-corrected chi connectivity index (χ3v) is 17.3. The van der Waals surface area contributed by atoms with Crippen LogP contribution in [0.5, 0.6) is 11.5 Å². The number of carbonyl (C=O) groups is 2. The molecule has 2 bridgehead atoms. The Morgan fingerprint density at radius 1 is 1.02 bits per heavy atom. The van der Waals surface area contributed by atoms with Gasteiger partial charge in [-0.1, -0.05) is 62.4 Å². The molecule has 0 radical (unpaired) electrons. The summed E-state index contributed by atoms with van der Waals surface area (Å²) in [6.07, 6.45) is 4.91. The maximum absolute atomic E-state index is 15.5. The number of carbonyl (C=O) groups excluding carboxylic acids is 2.